The standard InChI is InChI=1S/C64H42N2/c1-63(2)56-30-16-26-51(61(56)52-35-40-19-6-7-20-41(40)36-57(52)63)45-33-34-50(44-22-9-8-21-43(44)45)60-38-59(65-62(66-60)39-17-4-3-5-18-39)42-31-32-49-48-25-12-15-29-55(48)64(58(49)37-42)53-27-13-10-23-46(53)47-24-11-14-28-54(47)64/h3-38H,1-2H3. The molecule has 0 atom stereocenters. The van der Waals surface area contributed by atoms with E-state index in [-0.39, 0.29) is 5.41 Å². The molecule has 14 rings (SSSR count). The van der Waals surface area contributed by atoms with Gasteiger partial charge in [-0.15, -0.1) is 0 Å². The summed E-state index contributed by atoms with van der Waals surface area (Å²) in [6.07, 6.45) is 0. The molecule has 3 aliphatic carbocycles. The van der Waals surface area contributed by atoms with Gasteiger partial charge in [0.2, 0.25) is 0 Å². The molecule has 1 spiro atoms. The van der Waals surface area contributed by atoms with Crippen molar-refractivity contribution in [2.45, 2.75) is 24.7 Å². The van der Waals surface area contributed by atoms with Crippen LogP contribution in [0.25, 0.3) is 100.0 Å². The SMILES string of the molecule is CC1(C)c2cc3ccccc3cc2-c2c(-c3ccc(-c4cc(-c5ccc6c(c5)C5(c7ccccc7-c7ccccc75)c5ccccc5-6)nc(-c5ccccc5)n4)c4ccccc34)cccc21. The Morgan fingerprint density at radius 3 is 1.52 bits per heavy atom. The van der Waals surface area contributed by atoms with Crippen LogP contribution in [0, 0.1) is 0 Å². The number of rotatable bonds is 4. The Bertz CT molecular complexity index is 3790. The van der Waals surface area contributed by atoms with Gasteiger partial charge in [0.05, 0.1) is 16.8 Å². The normalized spacial score (nSPS) is 14.2. The topological polar surface area (TPSA) is 25.8 Å². The third-order valence-corrected chi connectivity index (χ3v) is 15.1. The molecule has 0 saturated heterocycles. The second-order valence-electron chi connectivity index (χ2n) is 18.8. The molecular formula is C64H42N2. The lowest BCUT2D eigenvalue weighted by Crippen LogP contribution is -2.25. The number of nitrogens with zero attached hydrogens (tertiary/aromatic N) is 2. The summed E-state index contributed by atoms with van der Waals surface area (Å²) in [7, 11) is 0. The number of fused-ring (bicyclic) bond motifs is 15. The molecule has 308 valence electrons. The summed E-state index contributed by atoms with van der Waals surface area (Å²) >= 11 is 0. The van der Waals surface area contributed by atoms with Crippen LogP contribution < -0.4 is 0 Å². The summed E-state index contributed by atoms with van der Waals surface area (Å²) in [4.78, 5) is 10.8. The fraction of sp³-hybridized carbons (Fsp3) is 0.0625. The monoisotopic (exact) mass is 838 g/mol. The third kappa shape index (κ3) is 5.01. The van der Waals surface area contributed by atoms with Crippen molar-refractivity contribution in [1.82, 2.24) is 9.97 Å². The van der Waals surface area contributed by atoms with Crippen LogP contribution in [-0.2, 0) is 10.8 Å². The van der Waals surface area contributed by atoms with Crippen LogP contribution in [0.5, 0.6) is 0 Å². The van der Waals surface area contributed by atoms with E-state index in [0.29, 0.717) is 5.82 Å². The van der Waals surface area contributed by atoms with Crippen LogP contribution >= 0.6 is 0 Å². The van der Waals surface area contributed by atoms with Gasteiger partial charge in [-0.05, 0) is 124 Å². The fourth-order valence-electron chi connectivity index (χ4n) is 12.2. The highest BCUT2D eigenvalue weighted by Crippen LogP contribution is 2.63. The van der Waals surface area contributed by atoms with E-state index in [1.807, 2.05) is 0 Å². The zero-order valence-corrected chi connectivity index (χ0v) is 36.7. The van der Waals surface area contributed by atoms with Crippen LogP contribution in [0.15, 0.2) is 218 Å². The molecule has 66 heavy (non-hydrogen) atoms. The van der Waals surface area contributed by atoms with E-state index < -0.39 is 5.41 Å². The quantitative estimate of drug-likeness (QED) is 0.176. The van der Waals surface area contributed by atoms with Crippen molar-refractivity contribution in [3.63, 3.8) is 0 Å². The van der Waals surface area contributed by atoms with Crippen molar-refractivity contribution in [3.05, 3.63) is 252 Å². The Morgan fingerprint density at radius 2 is 0.818 bits per heavy atom. The molecule has 0 bridgehead atoms. The molecule has 10 aromatic carbocycles. The number of aromatic nitrogens is 2. The average Bonchev–Trinajstić information content (AvgIpc) is 3.93. The van der Waals surface area contributed by atoms with Gasteiger partial charge in [0.25, 0.3) is 0 Å². The predicted octanol–water partition coefficient (Wildman–Crippen LogP) is 16.1. The molecule has 0 saturated carbocycles. The van der Waals surface area contributed by atoms with E-state index in [4.69, 9.17) is 9.97 Å². The lowest BCUT2D eigenvalue weighted by atomic mass is 9.70. The molecule has 1 aromatic heterocycles. The molecule has 0 radical (unpaired) electrons. The van der Waals surface area contributed by atoms with Crippen LogP contribution in [0.2, 0.25) is 0 Å². The maximum atomic E-state index is 5.41. The minimum atomic E-state index is -0.445. The van der Waals surface area contributed by atoms with Gasteiger partial charge in [0, 0.05) is 22.1 Å². The highest BCUT2D eigenvalue weighted by Gasteiger charge is 2.51. The molecule has 2 nitrogen and oxygen atoms in total. The Morgan fingerprint density at radius 1 is 0.303 bits per heavy atom. The average molecular weight is 839 g/mol. The lowest BCUT2D eigenvalue weighted by Gasteiger charge is -2.30. The van der Waals surface area contributed by atoms with E-state index in [0.717, 1.165) is 33.5 Å². The van der Waals surface area contributed by atoms with E-state index in [1.165, 1.54) is 94.0 Å². The Hall–Kier alpha value is -8.20. The Balaban J connectivity index is 0.972. The molecular weight excluding hydrogens is 797 g/mol. The minimum Gasteiger partial charge on any atom is -0.228 e. The van der Waals surface area contributed by atoms with E-state index in [9.17, 15) is 0 Å². The van der Waals surface area contributed by atoms with Gasteiger partial charge in [-0.1, -0.05) is 208 Å². The van der Waals surface area contributed by atoms with Gasteiger partial charge in [-0.25, -0.2) is 9.97 Å². The van der Waals surface area contributed by atoms with Crippen molar-refractivity contribution >= 4 is 21.5 Å². The zero-order valence-electron chi connectivity index (χ0n) is 36.7. The summed E-state index contributed by atoms with van der Waals surface area (Å²) in [5, 5.41) is 4.92. The number of hydrogen-bond donors (Lipinski definition) is 0. The van der Waals surface area contributed by atoms with Gasteiger partial charge in [0.15, 0.2) is 5.82 Å². The first-order chi connectivity index (χ1) is 32.5. The molecule has 0 unspecified atom stereocenters. The highest BCUT2D eigenvalue weighted by atomic mass is 14.9. The first-order valence-electron chi connectivity index (χ1n) is 23.1. The molecule has 1 heterocycles. The van der Waals surface area contributed by atoms with E-state index in [1.54, 1.807) is 0 Å². The van der Waals surface area contributed by atoms with Gasteiger partial charge in [-0.2, -0.15) is 0 Å². The van der Waals surface area contributed by atoms with Gasteiger partial charge in [0.1, 0.15) is 0 Å². The molecule has 0 amide bonds. The Kier molecular flexibility index (Phi) is 7.70. The highest BCUT2D eigenvalue weighted by molar-refractivity contribution is 6.09. The molecule has 0 N–H and O–H groups in total. The molecule has 11 aromatic rings. The predicted molar refractivity (Wildman–Crippen MR) is 273 cm³/mol. The minimum absolute atomic E-state index is 0.129. The lowest BCUT2D eigenvalue weighted by molar-refractivity contribution is 0.661. The molecule has 0 fully saturated rings. The first-order valence-corrected chi connectivity index (χ1v) is 23.1. The number of hydrogen-bond acceptors (Lipinski definition) is 2. The summed E-state index contributed by atoms with van der Waals surface area (Å²) in [5.74, 6) is 0.707. The number of benzene rings is 10. The van der Waals surface area contributed by atoms with Crippen molar-refractivity contribution in [2.75, 3.05) is 0 Å². The van der Waals surface area contributed by atoms with Crippen molar-refractivity contribution in [3.8, 4) is 78.4 Å². The summed E-state index contributed by atoms with van der Waals surface area (Å²) in [6.45, 7) is 4.75. The van der Waals surface area contributed by atoms with Gasteiger partial charge in [-0.3, -0.25) is 0 Å². The van der Waals surface area contributed by atoms with Crippen molar-refractivity contribution < 1.29 is 0 Å². The third-order valence-electron chi connectivity index (χ3n) is 15.1. The maximum absolute atomic E-state index is 5.41. The molecule has 2 heteroatoms. The maximum Gasteiger partial charge on any atom is 0.160 e. The van der Waals surface area contributed by atoms with Gasteiger partial charge >= 0.3 is 0 Å². The zero-order chi connectivity index (χ0) is 43.7. The fourth-order valence-corrected chi connectivity index (χ4v) is 12.2. The largest absolute Gasteiger partial charge is 0.228 e. The molecule has 3 aliphatic rings. The van der Waals surface area contributed by atoms with Crippen molar-refractivity contribution in [1.29, 1.82) is 0 Å². The summed E-state index contributed by atoms with van der Waals surface area (Å²) in [6, 6.07) is 80.6. The summed E-state index contributed by atoms with van der Waals surface area (Å²) in [5.41, 5.74) is 22.7. The van der Waals surface area contributed by atoms with Crippen LogP contribution in [0.3, 0.4) is 0 Å². The first kappa shape index (κ1) is 37.2. The smallest absolute Gasteiger partial charge is 0.160 e. The van der Waals surface area contributed by atoms with Crippen LogP contribution in [0.4, 0.5) is 0 Å². The second-order valence-corrected chi connectivity index (χ2v) is 18.8. The van der Waals surface area contributed by atoms with Crippen molar-refractivity contribution in [2.24, 2.45) is 0 Å². The van der Waals surface area contributed by atoms with Crippen LogP contribution in [0.1, 0.15) is 47.2 Å². The van der Waals surface area contributed by atoms with Gasteiger partial charge < -0.3 is 0 Å². The summed E-state index contributed by atoms with van der Waals surface area (Å²) < 4.78 is 0. The van der Waals surface area contributed by atoms with E-state index in [2.05, 4.69) is 232 Å². The Labute approximate surface area is 384 Å². The molecule has 0 aliphatic heterocycles. The second kappa shape index (κ2) is 13.7. The van der Waals surface area contributed by atoms with E-state index >= 15 is 0 Å². The van der Waals surface area contributed by atoms with Crippen LogP contribution in [-0.4, -0.2) is 9.97 Å².